The van der Waals surface area contributed by atoms with Crippen molar-refractivity contribution >= 4 is 39.8 Å². The van der Waals surface area contributed by atoms with Crippen molar-refractivity contribution in [3.8, 4) is 11.5 Å². The number of fused-ring (bicyclic) bond motifs is 1. The van der Waals surface area contributed by atoms with Crippen LogP contribution in [0.4, 0.5) is 0 Å². The maximum atomic E-state index is 11.5. The third-order valence-electron chi connectivity index (χ3n) is 5.98. The fourth-order valence-corrected chi connectivity index (χ4v) is 5.02. The quantitative estimate of drug-likeness (QED) is 0.285. The molecule has 0 saturated heterocycles. The molecular formula is C22H36IN3O4S. The van der Waals surface area contributed by atoms with Crippen LogP contribution in [0.25, 0.3) is 0 Å². The lowest BCUT2D eigenvalue weighted by Crippen LogP contribution is -2.44. The fraction of sp³-hybridized carbons (Fsp3) is 0.682. The van der Waals surface area contributed by atoms with Gasteiger partial charge >= 0.3 is 0 Å². The van der Waals surface area contributed by atoms with Crippen LogP contribution in [0.2, 0.25) is 0 Å². The molecule has 1 atom stereocenters. The number of benzene rings is 1. The predicted molar refractivity (Wildman–Crippen MR) is 136 cm³/mol. The van der Waals surface area contributed by atoms with Crippen molar-refractivity contribution in [1.29, 1.82) is 0 Å². The van der Waals surface area contributed by atoms with Crippen LogP contribution >= 0.6 is 24.0 Å². The van der Waals surface area contributed by atoms with E-state index in [1.807, 2.05) is 19.9 Å². The lowest BCUT2D eigenvalue weighted by atomic mass is 9.69. The van der Waals surface area contributed by atoms with Crippen molar-refractivity contribution in [1.82, 2.24) is 10.6 Å². The number of sulfone groups is 1. The van der Waals surface area contributed by atoms with E-state index >= 15 is 0 Å². The standard InChI is InChI=1S/C22H35N3O4S.HI/c1-4-23-21(25-17(2)10-13-30(3,26)27)24-15-22(11-6-5-7-12-22)18-8-9-19-20(14-18)29-16-28-19;/h8-9,14,17H,4-7,10-13,15-16H2,1-3H3,(H2,23,24,25);1H. The van der Waals surface area contributed by atoms with Crippen LogP contribution in [0.3, 0.4) is 0 Å². The largest absolute Gasteiger partial charge is 0.454 e. The van der Waals surface area contributed by atoms with E-state index in [-0.39, 0.29) is 48.0 Å². The summed E-state index contributed by atoms with van der Waals surface area (Å²) in [4.78, 5) is 4.94. The summed E-state index contributed by atoms with van der Waals surface area (Å²) in [6.45, 7) is 5.74. The third kappa shape index (κ3) is 7.40. The van der Waals surface area contributed by atoms with E-state index in [0.29, 0.717) is 13.0 Å². The van der Waals surface area contributed by atoms with E-state index in [4.69, 9.17) is 14.5 Å². The van der Waals surface area contributed by atoms with Gasteiger partial charge in [0, 0.05) is 24.3 Å². The van der Waals surface area contributed by atoms with Gasteiger partial charge in [0.2, 0.25) is 6.79 Å². The molecule has 1 saturated carbocycles. The second kappa shape index (κ2) is 11.6. The second-order valence-electron chi connectivity index (χ2n) is 8.57. The Balaban J connectivity index is 0.00000341. The van der Waals surface area contributed by atoms with Crippen molar-refractivity contribution < 1.29 is 17.9 Å². The molecule has 2 aliphatic rings. The lowest BCUT2D eigenvalue weighted by Gasteiger charge is -2.37. The number of halogens is 1. The van der Waals surface area contributed by atoms with Crippen molar-refractivity contribution in [3.05, 3.63) is 23.8 Å². The first kappa shape index (κ1) is 26.0. The Labute approximate surface area is 203 Å². The van der Waals surface area contributed by atoms with E-state index in [1.165, 1.54) is 31.1 Å². The number of nitrogens with zero attached hydrogens (tertiary/aromatic N) is 1. The molecule has 1 aromatic rings. The van der Waals surface area contributed by atoms with Gasteiger partial charge in [-0.15, -0.1) is 24.0 Å². The highest BCUT2D eigenvalue weighted by atomic mass is 127. The van der Waals surface area contributed by atoms with Crippen molar-refractivity contribution in [3.63, 3.8) is 0 Å². The molecule has 1 fully saturated rings. The summed E-state index contributed by atoms with van der Waals surface area (Å²) >= 11 is 0. The summed E-state index contributed by atoms with van der Waals surface area (Å²) in [5, 5.41) is 6.68. The van der Waals surface area contributed by atoms with Gasteiger partial charge in [0.1, 0.15) is 9.84 Å². The van der Waals surface area contributed by atoms with Gasteiger partial charge in [-0.3, -0.25) is 4.99 Å². The Morgan fingerprint density at radius 1 is 1.19 bits per heavy atom. The first-order valence-electron chi connectivity index (χ1n) is 10.9. The molecule has 0 bridgehead atoms. The molecule has 1 heterocycles. The summed E-state index contributed by atoms with van der Waals surface area (Å²) < 4.78 is 34.0. The highest BCUT2D eigenvalue weighted by Crippen LogP contribution is 2.43. The Bertz CT molecular complexity index is 854. The highest BCUT2D eigenvalue weighted by Gasteiger charge is 2.35. The SMILES string of the molecule is CCNC(=NCC1(c2ccc3c(c2)OCO3)CCCCC1)NC(C)CCS(C)(=O)=O.I. The van der Waals surface area contributed by atoms with Gasteiger partial charge in [-0.25, -0.2) is 8.42 Å². The third-order valence-corrected chi connectivity index (χ3v) is 6.96. The average molecular weight is 566 g/mol. The minimum atomic E-state index is -2.97. The number of hydrogen-bond donors (Lipinski definition) is 2. The van der Waals surface area contributed by atoms with E-state index in [0.717, 1.165) is 36.8 Å². The highest BCUT2D eigenvalue weighted by molar-refractivity contribution is 14.0. The molecule has 176 valence electrons. The molecule has 2 N–H and O–H groups in total. The molecule has 9 heteroatoms. The van der Waals surface area contributed by atoms with Crippen molar-refractivity contribution in [2.45, 2.75) is 63.8 Å². The summed E-state index contributed by atoms with van der Waals surface area (Å²) in [6, 6.07) is 6.31. The number of nitrogens with one attached hydrogen (secondary N) is 2. The molecule has 1 aromatic carbocycles. The Morgan fingerprint density at radius 2 is 1.90 bits per heavy atom. The monoisotopic (exact) mass is 565 g/mol. The number of hydrogen-bond acceptors (Lipinski definition) is 5. The minimum absolute atomic E-state index is 0. The second-order valence-corrected chi connectivity index (χ2v) is 10.8. The van der Waals surface area contributed by atoms with Gasteiger partial charge in [0.25, 0.3) is 0 Å². The number of rotatable bonds is 8. The fourth-order valence-electron chi connectivity index (χ4n) is 4.24. The normalized spacial score (nSPS) is 18.7. The molecular weight excluding hydrogens is 529 g/mol. The predicted octanol–water partition coefficient (Wildman–Crippen LogP) is 3.61. The summed E-state index contributed by atoms with van der Waals surface area (Å²) in [7, 11) is -2.97. The van der Waals surface area contributed by atoms with E-state index in [1.54, 1.807) is 0 Å². The zero-order valence-corrected chi connectivity index (χ0v) is 21.9. The molecule has 31 heavy (non-hydrogen) atoms. The van der Waals surface area contributed by atoms with Gasteiger partial charge < -0.3 is 20.1 Å². The van der Waals surface area contributed by atoms with Crippen LogP contribution in [0, 0.1) is 0 Å². The Morgan fingerprint density at radius 3 is 2.58 bits per heavy atom. The first-order valence-corrected chi connectivity index (χ1v) is 13.0. The molecule has 3 rings (SSSR count). The molecule has 0 aromatic heterocycles. The van der Waals surface area contributed by atoms with Gasteiger partial charge in [0.15, 0.2) is 17.5 Å². The number of aliphatic imine (C=N–C) groups is 1. The Hall–Kier alpha value is -1.23. The van der Waals surface area contributed by atoms with Crippen LogP contribution in [-0.4, -0.2) is 52.3 Å². The van der Waals surface area contributed by atoms with E-state index in [2.05, 4.69) is 22.8 Å². The topological polar surface area (TPSA) is 89.0 Å². The lowest BCUT2D eigenvalue weighted by molar-refractivity contribution is 0.174. The average Bonchev–Trinajstić information content (AvgIpc) is 3.19. The summed E-state index contributed by atoms with van der Waals surface area (Å²) in [5.41, 5.74) is 1.24. The number of guanidine groups is 1. The molecule has 1 aliphatic carbocycles. The number of ether oxygens (including phenoxy) is 2. The molecule has 7 nitrogen and oxygen atoms in total. The van der Waals surface area contributed by atoms with Crippen LogP contribution in [0.15, 0.2) is 23.2 Å². The molecule has 0 amide bonds. The molecule has 1 aliphatic heterocycles. The van der Waals surface area contributed by atoms with Crippen molar-refractivity contribution in [2.24, 2.45) is 4.99 Å². The summed E-state index contributed by atoms with van der Waals surface area (Å²) in [5.74, 6) is 2.54. The maximum Gasteiger partial charge on any atom is 0.231 e. The van der Waals surface area contributed by atoms with E-state index < -0.39 is 9.84 Å². The van der Waals surface area contributed by atoms with Crippen LogP contribution < -0.4 is 20.1 Å². The molecule has 0 radical (unpaired) electrons. The zero-order chi connectivity index (χ0) is 21.6. The molecule has 0 spiro atoms. The van der Waals surface area contributed by atoms with Crippen LogP contribution in [0.1, 0.15) is 57.9 Å². The van der Waals surface area contributed by atoms with Crippen LogP contribution in [0.5, 0.6) is 11.5 Å². The van der Waals surface area contributed by atoms with Crippen LogP contribution in [-0.2, 0) is 15.3 Å². The van der Waals surface area contributed by atoms with E-state index in [9.17, 15) is 8.42 Å². The first-order chi connectivity index (χ1) is 14.3. The van der Waals surface area contributed by atoms with Gasteiger partial charge in [-0.2, -0.15) is 0 Å². The Kier molecular flexibility index (Phi) is 9.72. The smallest absolute Gasteiger partial charge is 0.231 e. The van der Waals surface area contributed by atoms with Gasteiger partial charge in [-0.05, 0) is 50.8 Å². The van der Waals surface area contributed by atoms with Gasteiger partial charge in [-0.1, -0.05) is 25.3 Å². The minimum Gasteiger partial charge on any atom is -0.454 e. The van der Waals surface area contributed by atoms with Crippen molar-refractivity contribution in [2.75, 3.05) is 31.9 Å². The maximum absolute atomic E-state index is 11.5. The zero-order valence-electron chi connectivity index (χ0n) is 18.8. The van der Waals surface area contributed by atoms with Gasteiger partial charge in [0.05, 0.1) is 12.3 Å². The molecule has 1 unspecified atom stereocenters. The summed E-state index contributed by atoms with van der Waals surface area (Å²) in [6.07, 6.45) is 7.67.